The van der Waals surface area contributed by atoms with Crippen LogP contribution < -0.4 is 0 Å². The number of benzene rings is 2. The van der Waals surface area contributed by atoms with Crippen molar-refractivity contribution in [1.29, 1.82) is 5.26 Å². The van der Waals surface area contributed by atoms with E-state index in [1.54, 1.807) is 30.3 Å². The Kier molecular flexibility index (Phi) is 5.49. The van der Waals surface area contributed by atoms with Gasteiger partial charge in [0.25, 0.3) is 0 Å². The van der Waals surface area contributed by atoms with Gasteiger partial charge in [-0.15, -0.1) is 11.3 Å². The molecule has 0 saturated carbocycles. The Morgan fingerprint density at radius 1 is 1.19 bits per heavy atom. The van der Waals surface area contributed by atoms with Gasteiger partial charge in [0.15, 0.2) is 0 Å². The molecule has 0 amide bonds. The van der Waals surface area contributed by atoms with Crippen molar-refractivity contribution in [1.82, 2.24) is 4.98 Å². The van der Waals surface area contributed by atoms with Crippen LogP contribution in [0.15, 0.2) is 47.8 Å². The van der Waals surface area contributed by atoms with Gasteiger partial charge in [-0.05, 0) is 43.2 Å². The minimum Gasteiger partial charge on any atom is -0.465 e. The molecule has 0 unspecified atom stereocenters. The average Bonchev–Trinajstić information content (AvgIpc) is 3.15. The molecule has 0 bridgehead atoms. The second kappa shape index (κ2) is 7.98. The molecule has 1 heterocycles. The van der Waals surface area contributed by atoms with E-state index >= 15 is 0 Å². The zero-order valence-corrected chi connectivity index (χ0v) is 16.1. The Balaban J connectivity index is 1.90. The van der Waals surface area contributed by atoms with Crippen LogP contribution in [0.2, 0.25) is 0 Å². The molecule has 3 rings (SSSR count). The van der Waals surface area contributed by atoms with Gasteiger partial charge in [0.1, 0.15) is 11.1 Å². The maximum absolute atomic E-state index is 11.5. The van der Waals surface area contributed by atoms with Crippen molar-refractivity contribution in [3.8, 4) is 17.3 Å². The van der Waals surface area contributed by atoms with Crippen molar-refractivity contribution in [2.75, 3.05) is 7.11 Å². The SMILES string of the molecule is COC(=O)c1ccc(C=C(C#N)c2nc(-c3ccc(C)cc3C)cs2)cc1. The Labute approximate surface area is 162 Å². The van der Waals surface area contributed by atoms with E-state index < -0.39 is 0 Å². The first-order chi connectivity index (χ1) is 13.0. The summed E-state index contributed by atoms with van der Waals surface area (Å²) >= 11 is 1.44. The van der Waals surface area contributed by atoms with Crippen molar-refractivity contribution in [2.24, 2.45) is 0 Å². The van der Waals surface area contributed by atoms with Gasteiger partial charge in [-0.2, -0.15) is 5.26 Å². The maximum Gasteiger partial charge on any atom is 0.337 e. The molecule has 2 aromatic carbocycles. The van der Waals surface area contributed by atoms with Crippen LogP contribution in [-0.2, 0) is 4.74 Å². The number of hydrogen-bond donors (Lipinski definition) is 0. The predicted octanol–water partition coefficient (Wildman–Crippen LogP) is 5.28. The summed E-state index contributed by atoms with van der Waals surface area (Å²) in [6.07, 6.45) is 1.77. The molecule has 0 aliphatic heterocycles. The molecule has 0 aliphatic rings. The minimum absolute atomic E-state index is 0.385. The second-order valence-electron chi connectivity index (χ2n) is 6.14. The Hall–Kier alpha value is -3.23. The number of nitriles is 1. The first kappa shape index (κ1) is 18.6. The fourth-order valence-electron chi connectivity index (χ4n) is 2.76. The summed E-state index contributed by atoms with van der Waals surface area (Å²) in [6, 6.07) is 15.4. The van der Waals surface area contributed by atoms with Crippen LogP contribution in [0.4, 0.5) is 0 Å². The number of rotatable bonds is 4. The molecular weight excluding hydrogens is 356 g/mol. The minimum atomic E-state index is -0.385. The summed E-state index contributed by atoms with van der Waals surface area (Å²) in [5.41, 5.74) is 6.09. The van der Waals surface area contributed by atoms with E-state index in [1.807, 2.05) is 5.38 Å². The normalized spacial score (nSPS) is 11.1. The van der Waals surface area contributed by atoms with Crippen LogP contribution in [0.3, 0.4) is 0 Å². The summed E-state index contributed by atoms with van der Waals surface area (Å²) in [5.74, 6) is -0.385. The molecule has 134 valence electrons. The Morgan fingerprint density at radius 2 is 1.93 bits per heavy atom. The summed E-state index contributed by atoms with van der Waals surface area (Å²) in [6.45, 7) is 4.12. The summed E-state index contributed by atoms with van der Waals surface area (Å²) < 4.78 is 4.69. The van der Waals surface area contributed by atoms with Gasteiger partial charge in [-0.25, -0.2) is 9.78 Å². The standard InChI is InChI=1S/C22H18N2O2S/c1-14-4-9-19(15(2)10-14)20-13-27-21(24-20)18(12-23)11-16-5-7-17(8-6-16)22(25)26-3/h4-11,13H,1-3H3. The van der Waals surface area contributed by atoms with Crippen molar-refractivity contribution in [2.45, 2.75) is 13.8 Å². The van der Waals surface area contributed by atoms with Crippen molar-refractivity contribution in [3.63, 3.8) is 0 Å². The third-order valence-corrected chi connectivity index (χ3v) is 5.03. The fraction of sp³-hybridized carbons (Fsp3) is 0.136. The quantitative estimate of drug-likeness (QED) is 0.460. The number of hydrogen-bond acceptors (Lipinski definition) is 5. The highest BCUT2D eigenvalue weighted by Crippen LogP contribution is 2.29. The Bertz CT molecular complexity index is 1060. The topological polar surface area (TPSA) is 63.0 Å². The highest BCUT2D eigenvalue weighted by Gasteiger charge is 2.11. The molecule has 5 heteroatoms. The third-order valence-electron chi connectivity index (χ3n) is 4.16. The second-order valence-corrected chi connectivity index (χ2v) is 7.00. The summed E-state index contributed by atoms with van der Waals surface area (Å²) in [7, 11) is 1.35. The molecule has 3 aromatic rings. The van der Waals surface area contributed by atoms with Crippen LogP contribution in [0, 0.1) is 25.2 Å². The van der Waals surface area contributed by atoms with Crippen molar-refractivity contribution in [3.05, 3.63) is 75.1 Å². The highest BCUT2D eigenvalue weighted by molar-refractivity contribution is 7.11. The van der Waals surface area contributed by atoms with E-state index in [0.29, 0.717) is 16.1 Å². The largest absolute Gasteiger partial charge is 0.465 e. The monoisotopic (exact) mass is 374 g/mol. The van der Waals surface area contributed by atoms with Gasteiger partial charge in [-0.3, -0.25) is 0 Å². The first-order valence-electron chi connectivity index (χ1n) is 8.35. The number of allylic oxidation sites excluding steroid dienone is 1. The molecule has 0 radical (unpaired) electrons. The third kappa shape index (κ3) is 4.13. The molecule has 1 aromatic heterocycles. The van der Waals surface area contributed by atoms with Crippen molar-refractivity contribution >= 4 is 29.0 Å². The van der Waals surface area contributed by atoms with Crippen LogP contribution in [0.5, 0.6) is 0 Å². The molecular formula is C22H18N2O2S. The van der Waals surface area contributed by atoms with E-state index in [9.17, 15) is 10.1 Å². The molecule has 0 N–H and O–H groups in total. The number of nitrogens with zero attached hydrogens (tertiary/aromatic N) is 2. The van der Waals surface area contributed by atoms with Crippen LogP contribution in [-0.4, -0.2) is 18.1 Å². The molecule has 0 fully saturated rings. The van der Waals surface area contributed by atoms with Crippen LogP contribution >= 0.6 is 11.3 Å². The van der Waals surface area contributed by atoms with E-state index in [1.165, 1.54) is 24.0 Å². The smallest absolute Gasteiger partial charge is 0.337 e. The van der Waals surface area contributed by atoms with Gasteiger partial charge in [0.05, 0.1) is 23.9 Å². The maximum atomic E-state index is 11.5. The van der Waals surface area contributed by atoms with Gasteiger partial charge in [0.2, 0.25) is 0 Å². The number of esters is 1. The van der Waals surface area contributed by atoms with Gasteiger partial charge in [-0.1, -0.05) is 35.9 Å². The molecule has 4 nitrogen and oxygen atoms in total. The molecule has 27 heavy (non-hydrogen) atoms. The van der Waals surface area contributed by atoms with Gasteiger partial charge in [0, 0.05) is 10.9 Å². The molecule has 0 saturated heterocycles. The number of methoxy groups -OCH3 is 1. The average molecular weight is 374 g/mol. The van der Waals surface area contributed by atoms with Crippen LogP contribution in [0.25, 0.3) is 22.9 Å². The summed E-state index contributed by atoms with van der Waals surface area (Å²) in [4.78, 5) is 16.2. The van der Waals surface area contributed by atoms with Gasteiger partial charge >= 0.3 is 5.97 Å². The number of ether oxygens (including phenoxy) is 1. The lowest BCUT2D eigenvalue weighted by atomic mass is 10.0. The van der Waals surface area contributed by atoms with Gasteiger partial charge < -0.3 is 4.74 Å². The molecule has 0 atom stereocenters. The fourth-order valence-corrected chi connectivity index (χ4v) is 3.55. The zero-order chi connectivity index (χ0) is 19.4. The lowest BCUT2D eigenvalue weighted by Crippen LogP contribution is -2.00. The predicted molar refractivity (Wildman–Crippen MR) is 108 cm³/mol. The van der Waals surface area contributed by atoms with E-state index in [-0.39, 0.29) is 5.97 Å². The lowest BCUT2D eigenvalue weighted by Gasteiger charge is -2.03. The molecule has 0 aliphatic carbocycles. The van der Waals surface area contributed by atoms with E-state index in [2.05, 4.69) is 43.1 Å². The number of aromatic nitrogens is 1. The number of thiazole rings is 1. The van der Waals surface area contributed by atoms with E-state index in [4.69, 9.17) is 4.74 Å². The highest BCUT2D eigenvalue weighted by atomic mass is 32.1. The van der Waals surface area contributed by atoms with Crippen molar-refractivity contribution < 1.29 is 9.53 Å². The number of carbonyl (C=O) groups is 1. The van der Waals surface area contributed by atoms with E-state index in [0.717, 1.165) is 22.4 Å². The summed E-state index contributed by atoms with van der Waals surface area (Å²) in [5, 5.41) is 12.2. The molecule has 0 spiro atoms. The zero-order valence-electron chi connectivity index (χ0n) is 15.3. The first-order valence-corrected chi connectivity index (χ1v) is 9.23. The Morgan fingerprint density at radius 3 is 2.56 bits per heavy atom. The lowest BCUT2D eigenvalue weighted by molar-refractivity contribution is 0.0600. The van der Waals surface area contributed by atoms with Crippen LogP contribution in [0.1, 0.15) is 32.1 Å². The number of aryl methyl sites for hydroxylation is 2. The number of carbonyl (C=O) groups excluding carboxylic acids is 1.